The highest BCUT2D eigenvalue weighted by Crippen LogP contribution is 2.38. The number of hydrogen-bond acceptors (Lipinski definition) is 3. The van der Waals surface area contributed by atoms with Crippen molar-refractivity contribution >= 4 is 17.3 Å². The highest BCUT2D eigenvalue weighted by Gasteiger charge is 2.39. The Balaban J connectivity index is 1.96. The molecule has 3 rings (SSSR count). The largest absolute Gasteiger partial charge is 0.396 e. The van der Waals surface area contributed by atoms with Crippen molar-refractivity contribution in [1.29, 1.82) is 0 Å². The van der Waals surface area contributed by atoms with Crippen LogP contribution in [0.15, 0.2) is 42.9 Å². The molecule has 22 heavy (non-hydrogen) atoms. The van der Waals surface area contributed by atoms with E-state index in [-0.39, 0.29) is 18.7 Å². The van der Waals surface area contributed by atoms with Crippen LogP contribution < -0.4 is 5.32 Å². The molecule has 2 atom stereocenters. The van der Waals surface area contributed by atoms with Gasteiger partial charge in [0.15, 0.2) is 5.11 Å². The molecule has 2 N–H and O–H groups in total. The van der Waals surface area contributed by atoms with E-state index >= 15 is 0 Å². The Bertz CT molecular complexity index is 643. The van der Waals surface area contributed by atoms with Crippen LogP contribution in [-0.2, 0) is 7.05 Å². The van der Waals surface area contributed by atoms with Crippen LogP contribution in [0.1, 0.15) is 29.8 Å². The molecule has 1 fully saturated rings. The standard InChI is InChI=1S/C16H20N4OS/c1-19-9-6-12(11-19)15-14(13-5-2-3-7-17-13)18-16(22)20(15)8-4-10-21/h2-3,5-7,9,11,14-15,21H,4,8,10H2,1H3,(H,18,22)/t14-,15+/m1/s1. The molecular formula is C16H20N4OS. The van der Waals surface area contributed by atoms with E-state index in [2.05, 4.69) is 27.5 Å². The van der Waals surface area contributed by atoms with Gasteiger partial charge in [0.05, 0.1) is 17.8 Å². The number of pyridine rings is 1. The Kier molecular flexibility index (Phi) is 4.40. The minimum atomic E-state index is 0.0230. The summed E-state index contributed by atoms with van der Waals surface area (Å²) in [5, 5.41) is 13.3. The number of aromatic nitrogens is 2. The van der Waals surface area contributed by atoms with Crippen LogP contribution in [0.5, 0.6) is 0 Å². The summed E-state index contributed by atoms with van der Waals surface area (Å²) in [6, 6.07) is 8.15. The topological polar surface area (TPSA) is 53.3 Å². The summed E-state index contributed by atoms with van der Waals surface area (Å²) in [5.41, 5.74) is 2.17. The molecule has 0 unspecified atom stereocenters. The first-order chi connectivity index (χ1) is 10.7. The minimum Gasteiger partial charge on any atom is -0.396 e. The molecule has 0 spiro atoms. The molecule has 3 heterocycles. The van der Waals surface area contributed by atoms with Crippen LogP contribution in [0.3, 0.4) is 0 Å². The molecule has 1 aliphatic rings. The van der Waals surface area contributed by atoms with E-state index in [9.17, 15) is 0 Å². The summed E-state index contributed by atoms with van der Waals surface area (Å²) >= 11 is 5.51. The third-order valence-corrected chi connectivity index (χ3v) is 4.30. The molecule has 1 saturated heterocycles. The average molecular weight is 316 g/mol. The highest BCUT2D eigenvalue weighted by molar-refractivity contribution is 7.80. The summed E-state index contributed by atoms with van der Waals surface area (Å²) in [4.78, 5) is 6.64. The summed E-state index contributed by atoms with van der Waals surface area (Å²) in [6.45, 7) is 0.889. The van der Waals surface area contributed by atoms with Gasteiger partial charge in [-0.05, 0) is 42.4 Å². The Labute approximate surface area is 135 Å². The molecule has 2 aromatic heterocycles. The first-order valence-electron chi connectivity index (χ1n) is 7.41. The molecule has 2 aromatic rings. The van der Waals surface area contributed by atoms with E-state index in [1.54, 1.807) is 6.20 Å². The van der Waals surface area contributed by atoms with Gasteiger partial charge in [-0.3, -0.25) is 4.98 Å². The van der Waals surface area contributed by atoms with Crippen molar-refractivity contribution < 1.29 is 5.11 Å². The molecule has 116 valence electrons. The van der Waals surface area contributed by atoms with Crippen LogP contribution in [0.2, 0.25) is 0 Å². The van der Waals surface area contributed by atoms with E-state index in [4.69, 9.17) is 17.3 Å². The van der Waals surface area contributed by atoms with E-state index in [0.717, 1.165) is 17.4 Å². The maximum absolute atomic E-state index is 9.15. The van der Waals surface area contributed by atoms with Crippen molar-refractivity contribution in [2.45, 2.75) is 18.5 Å². The Hall–Kier alpha value is -1.92. The van der Waals surface area contributed by atoms with Crippen LogP contribution in [-0.4, -0.2) is 37.8 Å². The molecule has 0 bridgehead atoms. The molecule has 6 heteroatoms. The second-order valence-electron chi connectivity index (χ2n) is 5.51. The molecule has 0 aromatic carbocycles. The fourth-order valence-corrected chi connectivity index (χ4v) is 3.28. The third-order valence-electron chi connectivity index (χ3n) is 3.95. The predicted octanol–water partition coefficient (Wildman–Crippen LogP) is 1.78. The number of rotatable bonds is 5. The molecule has 0 amide bonds. The smallest absolute Gasteiger partial charge is 0.170 e. The number of aliphatic hydroxyl groups excluding tert-OH is 1. The highest BCUT2D eigenvalue weighted by atomic mass is 32.1. The van der Waals surface area contributed by atoms with Gasteiger partial charge in [0.1, 0.15) is 0 Å². The molecule has 1 aliphatic heterocycles. The van der Waals surface area contributed by atoms with Gasteiger partial charge in [-0.15, -0.1) is 0 Å². The van der Waals surface area contributed by atoms with Crippen molar-refractivity contribution in [2.75, 3.05) is 13.2 Å². The lowest BCUT2D eigenvalue weighted by Crippen LogP contribution is -2.31. The monoisotopic (exact) mass is 316 g/mol. The number of aliphatic hydroxyl groups is 1. The number of thiocarbonyl (C=S) groups is 1. The summed E-state index contributed by atoms with van der Waals surface area (Å²) in [5.74, 6) is 0. The van der Waals surface area contributed by atoms with Crippen molar-refractivity contribution in [2.24, 2.45) is 7.05 Å². The minimum absolute atomic E-state index is 0.0230. The maximum atomic E-state index is 9.15. The lowest BCUT2D eigenvalue weighted by atomic mass is 9.99. The van der Waals surface area contributed by atoms with Crippen molar-refractivity contribution in [3.8, 4) is 0 Å². The normalized spacial score (nSPS) is 21.2. The fraction of sp³-hybridized carbons (Fsp3) is 0.375. The lowest BCUT2D eigenvalue weighted by Gasteiger charge is -2.26. The van der Waals surface area contributed by atoms with E-state index in [1.165, 1.54) is 5.56 Å². The third kappa shape index (κ3) is 2.84. The van der Waals surface area contributed by atoms with Gasteiger partial charge >= 0.3 is 0 Å². The van der Waals surface area contributed by atoms with Gasteiger partial charge in [-0.1, -0.05) is 6.07 Å². The Morgan fingerprint density at radius 2 is 2.23 bits per heavy atom. The zero-order valence-corrected chi connectivity index (χ0v) is 13.3. The molecule has 0 radical (unpaired) electrons. The van der Waals surface area contributed by atoms with Crippen molar-refractivity contribution in [3.63, 3.8) is 0 Å². The van der Waals surface area contributed by atoms with Crippen molar-refractivity contribution in [3.05, 3.63) is 54.1 Å². The van der Waals surface area contributed by atoms with Crippen LogP contribution in [0, 0.1) is 0 Å². The van der Waals surface area contributed by atoms with Gasteiger partial charge in [-0.25, -0.2) is 0 Å². The maximum Gasteiger partial charge on any atom is 0.170 e. The number of hydrogen-bond donors (Lipinski definition) is 2. The van der Waals surface area contributed by atoms with Crippen LogP contribution >= 0.6 is 12.2 Å². The van der Waals surface area contributed by atoms with E-state index in [0.29, 0.717) is 6.42 Å². The second kappa shape index (κ2) is 6.46. The quantitative estimate of drug-likeness (QED) is 0.824. The second-order valence-corrected chi connectivity index (χ2v) is 5.89. The van der Waals surface area contributed by atoms with Crippen LogP contribution in [0.25, 0.3) is 0 Å². The zero-order valence-electron chi connectivity index (χ0n) is 12.5. The number of nitrogens with zero attached hydrogens (tertiary/aromatic N) is 3. The SMILES string of the molecule is Cn1ccc([C@H]2[C@@H](c3ccccn3)NC(=S)N2CCCO)c1. The van der Waals surface area contributed by atoms with Gasteiger partial charge in [0, 0.05) is 38.8 Å². The predicted molar refractivity (Wildman–Crippen MR) is 89.3 cm³/mol. The summed E-state index contributed by atoms with van der Waals surface area (Å²) < 4.78 is 2.04. The van der Waals surface area contributed by atoms with E-state index < -0.39 is 0 Å². The lowest BCUT2D eigenvalue weighted by molar-refractivity contribution is 0.247. The van der Waals surface area contributed by atoms with Gasteiger partial charge < -0.3 is 19.9 Å². The molecule has 0 aliphatic carbocycles. The Morgan fingerprint density at radius 3 is 2.86 bits per heavy atom. The number of aryl methyl sites for hydroxylation is 1. The summed E-state index contributed by atoms with van der Waals surface area (Å²) in [7, 11) is 2.01. The molecule has 5 nitrogen and oxygen atoms in total. The molecule has 0 saturated carbocycles. The molecular weight excluding hydrogens is 296 g/mol. The van der Waals surface area contributed by atoms with Gasteiger partial charge in [-0.2, -0.15) is 0 Å². The summed E-state index contributed by atoms with van der Waals surface area (Å²) in [6.07, 6.45) is 6.65. The first-order valence-corrected chi connectivity index (χ1v) is 7.82. The van der Waals surface area contributed by atoms with Crippen molar-refractivity contribution in [1.82, 2.24) is 19.8 Å². The van der Waals surface area contributed by atoms with Crippen LogP contribution in [0.4, 0.5) is 0 Å². The van der Waals surface area contributed by atoms with Gasteiger partial charge in [0.25, 0.3) is 0 Å². The zero-order chi connectivity index (χ0) is 15.5. The number of nitrogens with one attached hydrogen (secondary N) is 1. The first kappa shape index (κ1) is 15.0. The van der Waals surface area contributed by atoms with E-state index in [1.807, 2.05) is 36.0 Å². The fourth-order valence-electron chi connectivity index (χ4n) is 2.95. The average Bonchev–Trinajstić information content (AvgIpc) is 3.09. The van der Waals surface area contributed by atoms with Gasteiger partial charge in [0.2, 0.25) is 0 Å². The Morgan fingerprint density at radius 1 is 1.36 bits per heavy atom.